The molecule has 268 valence electrons. The Hall–Kier alpha value is -6.43. The number of nitrogens with zero attached hydrogens (tertiary/aromatic N) is 4. The fourth-order valence-corrected chi connectivity index (χ4v) is 10.4. The molecule has 11 rings (SSSR count). The molecule has 0 saturated heterocycles. The van der Waals surface area contributed by atoms with Gasteiger partial charge in [0.25, 0.3) is 0 Å². The average molecular weight is 739 g/mol. The minimum Gasteiger partial charge on any atom is -0.278 e. The van der Waals surface area contributed by atoms with Gasteiger partial charge in [-0.3, -0.25) is 4.90 Å². The van der Waals surface area contributed by atoms with E-state index >= 15 is 0 Å². The molecule has 0 unspecified atom stereocenters. The maximum atomic E-state index is 5.45. The lowest BCUT2D eigenvalue weighted by Crippen LogP contribution is -2.18. The minimum atomic E-state index is -0.178. The second kappa shape index (κ2) is 12.0. The summed E-state index contributed by atoms with van der Waals surface area (Å²) >= 11 is 1.82. The van der Waals surface area contributed by atoms with Gasteiger partial charge in [0.2, 0.25) is 5.95 Å². The summed E-state index contributed by atoms with van der Waals surface area (Å²) in [6.07, 6.45) is 0. The van der Waals surface area contributed by atoms with E-state index in [0.29, 0.717) is 17.6 Å². The summed E-state index contributed by atoms with van der Waals surface area (Å²) in [6, 6.07) is 56.8. The highest BCUT2D eigenvalue weighted by Gasteiger charge is 2.37. The van der Waals surface area contributed by atoms with Gasteiger partial charge in [0.15, 0.2) is 11.6 Å². The number of rotatable bonds is 5. The van der Waals surface area contributed by atoms with Crippen LogP contribution in [0.4, 0.5) is 17.3 Å². The van der Waals surface area contributed by atoms with Crippen LogP contribution in [0.3, 0.4) is 0 Å². The van der Waals surface area contributed by atoms with Crippen LogP contribution in [0.1, 0.15) is 49.9 Å². The molecule has 2 aliphatic carbocycles. The quantitative estimate of drug-likeness (QED) is 0.176. The fourth-order valence-electron chi connectivity index (χ4n) is 9.31. The van der Waals surface area contributed by atoms with Crippen LogP contribution in [0.15, 0.2) is 158 Å². The van der Waals surface area contributed by atoms with Crippen molar-refractivity contribution >= 4 is 48.8 Å². The van der Waals surface area contributed by atoms with Gasteiger partial charge in [-0.2, -0.15) is 9.97 Å². The highest BCUT2D eigenvalue weighted by Crippen LogP contribution is 2.52. The number of benzene rings is 7. The van der Waals surface area contributed by atoms with E-state index in [2.05, 4.69) is 172 Å². The van der Waals surface area contributed by atoms with Gasteiger partial charge in [-0.1, -0.05) is 149 Å². The molecule has 0 radical (unpaired) electrons. The second-order valence-corrected chi connectivity index (χ2v) is 17.1. The third-order valence-electron chi connectivity index (χ3n) is 12.1. The molecule has 0 aliphatic heterocycles. The number of hydrogen-bond acceptors (Lipinski definition) is 5. The van der Waals surface area contributed by atoms with E-state index in [1.807, 2.05) is 29.5 Å². The fraction of sp³-hybridized carbons (Fsp3) is 0.118. The Morgan fingerprint density at radius 2 is 1.05 bits per heavy atom. The minimum absolute atomic E-state index is 0.0935. The molecule has 0 amide bonds. The molecule has 4 nitrogen and oxygen atoms in total. The number of hydrogen-bond donors (Lipinski definition) is 0. The van der Waals surface area contributed by atoms with Crippen LogP contribution in [0.5, 0.6) is 0 Å². The molecule has 0 saturated carbocycles. The van der Waals surface area contributed by atoms with E-state index in [9.17, 15) is 0 Å². The SMILES string of the molecule is CC1(C)c2ccccc2-c2cc(-c3nc(-c4ccccc4)nc(N(c4ccc5c(c4)C(C)(C)c4ccccc4-5)c4cccc5sc6ccccc6c45)n3)ccc21. The van der Waals surface area contributed by atoms with Crippen LogP contribution in [-0.4, -0.2) is 15.0 Å². The molecule has 7 aromatic carbocycles. The topological polar surface area (TPSA) is 41.9 Å². The van der Waals surface area contributed by atoms with Crippen LogP contribution in [0.2, 0.25) is 0 Å². The molecular formula is C51H38N4S. The first kappa shape index (κ1) is 33.0. The van der Waals surface area contributed by atoms with Crippen molar-refractivity contribution in [2.24, 2.45) is 0 Å². The Labute approximate surface area is 330 Å². The van der Waals surface area contributed by atoms with Gasteiger partial charge in [-0.05, 0) is 80.9 Å². The molecule has 0 bridgehead atoms. The van der Waals surface area contributed by atoms with Crippen molar-refractivity contribution in [1.82, 2.24) is 15.0 Å². The monoisotopic (exact) mass is 738 g/mol. The maximum absolute atomic E-state index is 5.45. The molecule has 5 heteroatoms. The molecule has 2 heterocycles. The summed E-state index contributed by atoms with van der Waals surface area (Å²) < 4.78 is 2.48. The smallest absolute Gasteiger partial charge is 0.238 e. The molecule has 0 N–H and O–H groups in total. The highest BCUT2D eigenvalue weighted by atomic mass is 32.1. The Morgan fingerprint density at radius 1 is 0.446 bits per heavy atom. The first-order valence-corrected chi connectivity index (χ1v) is 20.1. The molecular weight excluding hydrogens is 701 g/mol. The Balaban J connectivity index is 1.18. The maximum Gasteiger partial charge on any atom is 0.238 e. The highest BCUT2D eigenvalue weighted by molar-refractivity contribution is 7.26. The first-order chi connectivity index (χ1) is 27.3. The first-order valence-electron chi connectivity index (χ1n) is 19.3. The van der Waals surface area contributed by atoms with Gasteiger partial charge in [-0.15, -0.1) is 11.3 Å². The number of thiophene rings is 1. The zero-order chi connectivity index (χ0) is 37.8. The van der Waals surface area contributed by atoms with E-state index in [1.165, 1.54) is 64.7 Å². The molecule has 0 spiro atoms. The average Bonchev–Trinajstić information content (AvgIpc) is 3.81. The van der Waals surface area contributed by atoms with E-state index < -0.39 is 0 Å². The van der Waals surface area contributed by atoms with Crippen molar-refractivity contribution in [1.29, 1.82) is 0 Å². The summed E-state index contributed by atoms with van der Waals surface area (Å²) in [5, 5.41) is 2.41. The van der Waals surface area contributed by atoms with Crippen LogP contribution in [0, 0.1) is 0 Å². The predicted molar refractivity (Wildman–Crippen MR) is 233 cm³/mol. The van der Waals surface area contributed by atoms with Crippen LogP contribution in [-0.2, 0) is 10.8 Å². The van der Waals surface area contributed by atoms with Crippen LogP contribution >= 0.6 is 11.3 Å². The zero-order valence-electron chi connectivity index (χ0n) is 31.7. The van der Waals surface area contributed by atoms with Crippen LogP contribution in [0.25, 0.3) is 65.2 Å². The van der Waals surface area contributed by atoms with E-state index in [4.69, 9.17) is 15.0 Å². The lowest BCUT2D eigenvalue weighted by Gasteiger charge is -2.27. The number of anilines is 3. The van der Waals surface area contributed by atoms with Gasteiger partial charge in [0.05, 0.1) is 5.69 Å². The normalized spacial score (nSPS) is 14.4. The van der Waals surface area contributed by atoms with Crippen molar-refractivity contribution in [2.75, 3.05) is 4.90 Å². The lowest BCUT2D eigenvalue weighted by molar-refractivity contribution is 0.660. The summed E-state index contributed by atoms with van der Waals surface area (Å²) in [7, 11) is 0. The molecule has 0 atom stereocenters. The summed E-state index contributed by atoms with van der Waals surface area (Å²) in [4.78, 5) is 18.3. The third-order valence-corrected chi connectivity index (χ3v) is 13.3. The van der Waals surface area contributed by atoms with Crippen molar-refractivity contribution in [3.8, 4) is 45.0 Å². The molecule has 9 aromatic rings. The summed E-state index contributed by atoms with van der Waals surface area (Å²) in [5.41, 5.74) is 14.1. The van der Waals surface area contributed by atoms with Crippen molar-refractivity contribution in [3.63, 3.8) is 0 Å². The van der Waals surface area contributed by atoms with Gasteiger partial charge < -0.3 is 0 Å². The zero-order valence-corrected chi connectivity index (χ0v) is 32.5. The Bertz CT molecular complexity index is 3050. The molecule has 2 aromatic heterocycles. The van der Waals surface area contributed by atoms with Gasteiger partial charge in [-0.25, -0.2) is 4.98 Å². The standard InChI is InChI=1S/C51H38N4S/c1-50(2)40-21-12-9-18-35(40)38-29-32(25-28-41(38)50)48-52-47(31-15-6-5-7-16-31)53-49(54-48)55(43-22-14-24-45-46(43)37-19-10-13-23-44(37)56-45)33-26-27-36-34-17-8-11-20-39(34)51(3,4)42(36)30-33/h5-30H,1-4H3. The second-order valence-electron chi connectivity index (χ2n) is 16.1. The molecule has 2 aliphatic rings. The van der Waals surface area contributed by atoms with Gasteiger partial charge in [0.1, 0.15) is 0 Å². The third kappa shape index (κ3) is 4.80. The van der Waals surface area contributed by atoms with E-state index in [0.717, 1.165) is 22.5 Å². The Kier molecular flexibility index (Phi) is 7.08. The van der Waals surface area contributed by atoms with Gasteiger partial charge in [0, 0.05) is 47.8 Å². The Morgan fingerprint density at radius 3 is 1.84 bits per heavy atom. The number of aromatic nitrogens is 3. The van der Waals surface area contributed by atoms with Crippen molar-refractivity contribution in [2.45, 2.75) is 38.5 Å². The van der Waals surface area contributed by atoms with E-state index in [1.54, 1.807) is 0 Å². The lowest BCUT2D eigenvalue weighted by atomic mass is 9.82. The molecule has 56 heavy (non-hydrogen) atoms. The van der Waals surface area contributed by atoms with Gasteiger partial charge >= 0.3 is 0 Å². The van der Waals surface area contributed by atoms with E-state index in [-0.39, 0.29) is 10.8 Å². The number of fused-ring (bicyclic) bond motifs is 9. The van der Waals surface area contributed by atoms with Crippen LogP contribution < -0.4 is 4.90 Å². The largest absolute Gasteiger partial charge is 0.278 e. The van der Waals surface area contributed by atoms with Crippen molar-refractivity contribution < 1.29 is 0 Å². The summed E-state index contributed by atoms with van der Waals surface area (Å²) in [6.45, 7) is 9.30. The van der Waals surface area contributed by atoms with Crippen molar-refractivity contribution in [3.05, 3.63) is 180 Å². The predicted octanol–water partition coefficient (Wildman–Crippen LogP) is 13.7. The molecule has 0 fully saturated rings. The summed E-state index contributed by atoms with van der Waals surface area (Å²) in [5.74, 6) is 1.85.